The van der Waals surface area contributed by atoms with Crippen LogP contribution in [0, 0.1) is 19.3 Å². The number of aromatic nitrogens is 1. The van der Waals surface area contributed by atoms with E-state index < -0.39 is 0 Å². The molecule has 0 spiro atoms. The van der Waals surface area contributed by atoms with E-state index in [1.165, 1.54) is 5.56 Å². The molecular weight excluding hydrogens is 210 g/mol. The van der Waals surface area contributed by atoms with E-state index in [4.69, 9.17) is 11.2 Å². The molecule has 0 aliphatic carbocycles. The SMILES string of the molecule is C#CCOc1cccc(-c2cc(C)ccn2)c1. The van der Waals surface area contributed by atoms with Crippen molar-refractivity contribution in [1.82, 2.24) is 4.98 Å². The minimum atomic E-state index is 0.282. The normalized spacial score (nSPS) is 9.65. The van der Waals surface area contributed by atoms with Gasteiger partial charge in [0.1, 0.15) is 12.4 Å². The summed E-state index contributed by atoms with van der Waals surface area (Å²) in [6.45, 7) is 2.33. The molecule has 0 aliphatic heterocycles. The highest BCUT2D eigenvalue weighted by Gasteiger charge is 2.01. The molecule has 2 nitrogen and oxygen atoms in total. The Morgan fingerprint density at radius 3 is 2.94 bits per heavy atom. The average molecular weight is 223 g/mol. The second-order valence-electron chi connectivity index (χ2n) is 3.74. The van der Waals surface area contributed by atoms with Crippen molar-refractivity contribution in [3.05, 3.63) is 48.2 Å². The van der Waals surface area contributed by atoms with Crippen molar-refractivity contribution in [2.24, 2.45) is 0 Å². The molecule has 2 heteroatoms. The first kappa shape index (κ1) is 11.2. The second kappa shape index (κ2) is 5.18. The summed E-state index contributed by atoms with van der Waals surface area (Å²) < 4.78 is 5.38. The molecular formula is C15H13NO. The van der Waals surface area contributed by atoms with Crippen molar-refractivity contribution in [3.63, 3.8) is 0 Å². The molecule has 0 radical (unpaired) electrons. The zero-order chi connectivity index (χ0) is 12.1. The van der Waals surface area contributed by atoms with Crippen LogP contribution in [0.3, 0.4) is 0 Å². The summed E-state index contributed by atoms with van der Waals surface area (Å²) in [5, 5.41) is 0. The Morgan fingerprint density at radius 1 is 1.29 bits per heavy atom. The van der Waals surface area contributed by atoms with Crippen LogP contribution in [0.4, 0.5) is 0 Å². The predicted octanol–water partition coefficient (Wildman–Crippen LogP) is 3.07. The van der Waals surface area contributed by atoms with E-state index in [0.717, 1.165) is 17.0 Å². The molecule has 0 N–H and O–H groups in total. The number of nitrogens with zero attached hydrogens (tertiary/aromatic N) is 1. The van der Waals surface area contributed by atoms with Gasteiger partial charge in [-0.2, -0.15) is 0 Å². The largest absolute Gasteiger partial charge is 0.481 e. The van der Waals surface area contributed by atoms with E-state index in [2.05, 4.69) is 10.9 Å². The van der Waals surface area contributed by atoms with Gasteiger partial charge in [0.2, 0.25) is 0 Å². The molecule has 17 heavy (non-hydrogen) atoms. The van der Waals surface area contributed by atoms with Crippen LogP contribution in [0.1, 0.15) is 5.56 Å². The van der Waals surface area contributed by atoms with Crippen molar-refractivity contribution < 1.29 is 4.74 Å². The highest BCUT2D eigenvalue weighted by molar-refractivity contribution is 5.61. The minimum absolute atomic E-state index is 0.282. The molecule has 0 saturated heterocycles. The van der Waals surface area contributed by atoms with Crippen molar-refractivity contribution in [1.29, 1.82) is 0 Å². The van der Waals surface area contributed by atoms with Crippen molar-refractivity contribution in [3.8, 4) is 29.4 Å². The van der Waals surface area contributed by atoms with E-state index >= 15 is 0 Å². The molecule has 0 atom stereocenters. The fourth-order valence-corrected chi connectivity index (χ4v) is 1.56. The first-order valence-corrected chi connectivity index (χ1v) is 5.39. The van der Waals surface area contributed by atoms with Gasteiger partial charge in [-0.1, -0.05) is 18.1 Å². The number of hydrogen-bond donors (Lipinski definition) is 0. The van der Waals surface area contributed by atoms with Gasteiger partial charge in [0.15, 0.2) is 0 Å². The highest BCUT2D eigenvalue weighted by atomic mass is 16.5. The topological polar surface area (TPSA) is 22.1 Å². The fourth-order valence-electron chi connectivity index (χ4n) is 1.56. The zero-order valence-electron chi connectivity index (χ0n) is 9.68. The van der Waals surface area contributed by atoms with Gasteiger partial charge in [0.25, 0.3) is 0 Å². The molecule has 0 bridgehead atoms. The third-order valence-corrected chi connectivity index (χ3v) is 2.37. The van der Waals surface area contributed by atoms with Gasteiger partial charge in [-0.15, -0.1) is 6.42 Å². The van der Waals surface area contributed by atoms with Gasteiger partial charge in [-0.25, -0.2) is 0 Å². The van der Waals surface area contributed by atoms with E-state index in [1.54, 1.807) is 6.20 Å². The van der Waals surface area contributed by atoms with Crippen molar-refractivity contribution >= 4 is 0 Å². The second-order valence-corrected chi connectivity index (χ2v) is 3.74. The molecule has 1 aromatic carbocycles. The summed E-state index contributed by atoms with van der Waals surface area (Å²) in [5.74, 6) is 3.21. The number of rotatable bonds is 3. The number of hydrogen-bond acceptors (Lipinski definition) is 2. The Labute approximate surface area is 101 Å². The maximum atomic E-state index is 5.38. The molecule has 1 aromatic heterocycles. The van der Waals surface area contributed by atoms with Gasteiger partial charge in [0, 0.05) is 11.8 Å². The van der Waals surface area contributed by atoms with Crippen LogP contribution in [0.15, 0.2) is 42.6 Å². The summed E-state index contributed by atoms with van der Waals surface area (Å²) in [7, 11) is 0. The third-order valence-electron chi connectivity index (χ3n) is 2.37. The number of benzene rings is 1. The standard InChI is InChI=1S/C15H13NO/c1-3-9-17-14-6-4-5-13(11-14)15-10-12(2)7-8-16-15/h1,4-8,10-11H,9H2,2H3. The van der Waals surface area contributed by atoms with Crippen LogP contribution in [0.5, 0.6) is 5.75 Å². The lowest BCUT2D eigenvalue weighted by molar-refractivity contribution is 0.370. The van der Waals surface area contributed by atoms with E-state index in [9.17, 15) is 0 Å². The average Bonchev–Trinajstić information content (AvgIpc) is 2.37. The summed E-state index contributed by atoms with van der Waals surface area (Å²) in [6, 6.07) is 11.8. The molecule has 2 aromatic rings. The zero-order valence-corrected chi connectivity index (χ0v) is 9.68. The maximum Gasteiger partial charge on any atom is 0.148 e. The Morgan fingerprint density at radius 2 is 2.18 bits per heavy atom. The smallest absolute Gasteiger partial charge is 0.148 e. The summed E-state index contributed by atoms with van der Waals surface area (Å²) >= 11 is 0. The van der Waals surface area contributed by atoms with Gasteiger partial charge >= 0.3 is 0 Å². The Kier molecular flexibility index (Phi) is 3.42. The van der Waals surface area contributed by atoms with Crippen molar-refractivity contribution in [2.75, 3.05) is 6.61 Å². The van der Waals surface area contributed by atoms with E-state index in [-0.39, 0.29) is 6.61 Å². The van der Waals surface area contributed by atoms with Crippen LogP contribution in [0.25, 0.3) is 11.3 Å². The number of pyridine rings is 1. The lowest BCUT2D eigenvalue weighted by atomic mass is 10.1. The lowest BCUT2D eigenvalue weighted by Crippen LogP contribution is -1.93. The quantitative estimate of drug-likeness (QED) is 0.746. The first-order valence-electron chi connectivity index (χ1n) is 5.39. The maximum absolute atomic E-state index is 5.38. The molecule has 0 unspecified atom stereocenters. The Hall–Kier alpha value is -2.27. The fraction of sp³-hybridized carbons (Fsp3) is 0.133. The third kappa shape index (κ3) is 2.85. The van der Waals surface area contributed by atoms with E-state index in [1.807, 2.05) is 43.3 Å². The molecule has 0 saturated carbocycles. The summed E-state index contributed by atoms with van der Waals surface area (Å²) in [6.07, 6.45) is 6.96. The minimum Gasteiger partial charge on any atom is -0.481 e. The van der Waals surface area contributed by atoms with Crippen LogP contribution < -0.4 is 4.74 Å². The predicted molar refractivity (Wildman–Crippen MR) is 68.7 cm³/mol. The lowest BCUT2D eigenvalue weighted by Gasteiger charge is -2.05. The van der Waals surface area contributed by atoms with Crippen LogP contribution in [0.2, 0.25) is 0 Å². The van der Waals surface area contributed by atoms with Gasteiger partial charge in [0.05, 0.1) is 5.69 Å². The summed E-state index contributed by atoms with van der Waals surface area (Å²) in [5.41, 5.74) is 3.16. The molecule has 0 amide bonds. The monoisotopic (exact) mass is 223 g/mol. The molecule has 1 heterocycles. The Balaban J connectivity index is 2.30. The van der Waals surface area contributed by atoms with E-state index in [0.29, 0.717) is 0 Å². The van der Waals surface area contributed by atoms with Crippen LogP contribution in [-0.4, -0.2) is 11.6 Å². The summed E-state index contributed by atoms with van der Waals surface area (Å²) in [4.78, 5) is 4.34. The van der Waals surface area contributed by atoms with Crippen molar-refractivity contribution in [2.45, 2.75) is 6.92 Å². The number of aryl methyl sites for hydroxylation is 1. The van der Waals surface area contributed by atoms with Crippen LogP contribution >= 0.6 is 0 Å². The number of ether oxygens (including phenoxy) is 1. The molecule has 84 valence electrons. The number of terminal acetylenes is 1. The van der Waals surface area contributed by atoms with Gasteiger partial charge < -0.3 is 4.74 Å². The highest BCUT2D eigenvalue weighted by Crippen LogP contribution is 2.22. The Bertz CT molecular complexity index is 555. The van der Waals surface area contributed by atoms with Gasteiger partial charge in [-0.05, 0) is 36.8 Å². The van der Waals surface area contributed by atoms with Gasteiger partial charge in [-0.3, -0.25) is 4.98 Å². The van der Waals surface area contributed by atoms with Crippen LogP contribution in [-0.2, 0) is 0 Å². The molecule has 0 fully saturated rings. The first-order chi connectivity index (χ1) is 8.29. The molecule has 0 aliphatic rings. The molecule has 2 rings (SSSR count).